The molecule has 2 N–H and O–H groups in total. The van der Waals surface area contributed by atoms with Gasteiger partial charge in [-0.1, -0.05) is 25.4 Å². The first-order chi connectivity index (χ1) is 9.38. The summed E-state index contributed by atoms with van der Waals surface area (Å²) in [7, 11) is 0. The number of halogens is 1. The van der Waals surface area contributed by atoms with Gasteiger partial charge in [0.1, 0.15) is 0 Å². The summed E-state index contributed by atoms with van der Waals surface area (Å²) in [6, 6.07) is 3.46. The lowest BCUT2D eigenvalue weighted by molar-refractivity contribution is -0.138. The van der Waals surface area contributed by atoms with Crippen molar-refractivity contribution >= 4 is 46.6 Å². The van der Waals surface area contributed by atoms with E-state index < -0.39 is 5.97 Å². The fraction of sp³-hybridized carbons (Fsp3) is 0.538. The van der Waals surface area contributed by atoms with Crippen LogP contribution in [-0.4, -0.2) is 28.8 Å². The Balaban J connectivity index is 2.32. The molecule has 0 fully saturated rings. The minimum atomic E-state index is -0.898. The normalized spacial score (nSPS) is 12.4. The summed E-state index contributed by atoms with van der Waals surface area (Å²) in [6.45, 7) is 3.79. The van der Waals surface area contributed by atoms with Crippen molar-refractivity contribution < 1.29 is 14.7 Å². The van der Waals surface area contributed by atoms with Gasteiger partial charge in [-0.05, 0) is 18.1 Å². The third-order valence-corrected chi connectivity index (χ3v) is 5.05. The van der Waals surface area contributed by atoms with Crippen molar-refractivity contribution in [3.63, 3.8) is 0 Å². The summed E-state index contributed by atoms with van der Waals surface area (Å²) in [6.07, 6.45) is -0.0470. The largest absolute Gasteiger partial charge is 0.481 e. The van der Waals surface area contributed by atoms with Gasteiger partial charge < -0.3 is 10.4 Å². The van der Waals surface area contributed by atoms with Crippen LogP contribution in [0.4, 0.5) is 0 Å². The summed E-state index contributed by atoms with van der Waals surface area (Å²) >= 11 is 8.82. The summed E-state index contributed by atoms with van der Waals surface area (Å²) in [5.41, 5.74) is 0. The maximum Gasteiger partial charge on any atom is 0.305 e. The highest BCUT2D eigenvalue weighted by Gasteiger charge is 2.19. The van der Waals surface area contributed by atoms with E-state index in [0.717, 1.165) is 15.0 Å². The predicted molar refractivity (Wildman–Crippen MR) is 84.5 cm³/mol. The predicted octanol–water partition coefficient (Wildman–Crippen LogP) is 3.25. The molecular formula is C13H18ClNO3S2. The van der Waals surface area contributed by atoms with Crippen molar-refractivity contribution in [3.8, 4) is 0 Å². The van der Waals surface area contributed by atoms with Gasteiger partial charge in [-0.2, -0.15) is 0 Å². The lowest BCUT2D eigenvalue weighted by Gasteiger charge is -2.20. The number of carboxylic acids is 1. The number of thiophene rings is 1. The number of thioether (sulfide) groups is 1. The zero-order valence-corrected chi connectivity index (χ0v) is 13.8. The number of hydrogen-bond acceptors (Lipinski definition) is 4. The zero-order valence-electron chi connectivity index (χ0n) is 11.4. The molecule has 0 aliphatic rings. The minimum absolute atomic E-state index is 0.0470. The average molecular weight is 336 g/mol. The lowest BCUT2D eigenvalue weighted by Crippen LogP contribution is -2.41. The number of carbonyl (C=O) groups excluding carboxylic acids is 1. The van der Waals surface area contributed by atoms with Crippen molar-refractivity contribution in [1.29, 1.82) is 0 Å². The van der Waals surface area contributed by atoms with Crippen LogP contribution < -0.4 is 5.32 Å². The van der Waals surface area contributed by atoms with Crippen LogP contribution in [0.3, 0.4) is 0 Å². The van der Waals surface area contributed by atoms with Crippen molar-refractivity contribution in [3.05, 3.63) is 21.3 Å². The second kappa shape index (κ2) is 8.54. The minimum Gasteiger partial charge on any atom is -0.481 e. The van der Waals surface area contributed by atoms with Gasteiger partial charge in [0.05, 0.1) is 16.5 Å². The lowest BCUT2D eigenvalue weighted by atomic mass is 10.0. The Kier molecular flexibility index (Phi) is 7.40. The van der Waals surface area contributed by atoms with Crippen LogP contribution in [0.5, 0.6) is 0 Å². The Morgan fingerprint density at radius 3 is 2.65 bits per heavy atom. The van der Waals surface area contributed by atoms with E-state index in [-0.39, 0.29) is 24.3 Å². The van der Waals surface area contributed by atoms with Crippen LogP contribution in [0, 0.1) is 5.92 Å². The summed E-state index contributed by atoms with van der Waals surface area (Å²) in [5, 5.41) is 11.6. The third-order valence-electron chi connectivity index (χ3n) is 2.65. The van der Waals surface area contributed by atoms with E-state index in [1.807, 2.05) is 26.0 Å². The van der Waals surface area contributed by atoms with Gasteiger partial charge in [-0.25, -0.2) is 0 Å². The molecule has 0 aliphatic heterocycles. The number of amides is 1. The molecule has 0 bridgehead atoms. The quantitative estimate of drug-likeness (QED) is 0.765. The van der Waals surface area contributed by atoms with Gasteiger partial charge in [-0.3, -0.25) is 9.59 Å². The Morgan fingerprint density at radius 2 is 2.15 bits per heavy atom. The van der Waals surface area contributed by atoms with Gasteiger partial charge in [0.15, 0.2) is 0 Å². The molecule has 0 aromatic carbocycles. The zero-order chi connectivity index (χ0) is 15.1. The van der Waals surface area contributed by atoms with Crippen LogP contribution in [0.2, 0.25) is 4.34 Å². The number of carboxylic acid groups (broad SMARTS) is 1. The van der Waals surface area contributed by atoms with Crippen molar-refractivity contribution in [1.82, 2.24) is 5.32 Å². The van der Waals surface area contributed by atoms with Crippen LogP contribution >= 0.6 is 34.7 Å². The monoisotopic (exact) mass is 335 g/mol. The number of carbonyl (C=O) groups is 2. The van der Waals surface area contributed by atoms with Gasteiger partial charge in [0.25, 0.3) is 0 Å². The Hall–Kier alpha value is -0.720. The number of aliphatic carboxylic acids is 1. The molecule has 1 amide bonds. The Morgan fingerprint density at radius 1 is 1.45 bits per heavy atom. The summed E-state index contributed by atoms with van der Waals surface area (Å²) < 4.78 is 0.742. The second-order valence-electron chi connectivity index (χ2n) is 4.71. The molecule has 0 radical (unpaired) electrons. The van der Waals surface area contributed by atoms with Gasteiger partial charge in [0, 0.05) is 16.7 Å². The highest BCUT2D eigenvalue weighted by atomic mass is 35.5. The topological polar surface area (TPSA) is 66.4 Å². The first-order valence-electron chi connectivity index (χ1n) is 6.21. The molecule has 1 unspecified atom stereocenters. The van der Waals surface area contributed by atoms with Crippen LogP contribution in [0.15, 0.2) is 12.1 Å². The van der Waals surface area contributed by atoms with E-state index in [4.69, 9.17) is 16.7 Å². The SMILES string of the molecule is CC(C)C(CC(=O)O)NC(=O)CSCc1ccc(Cl)s1. The maximum absolute atomic E-state index is 11.8. The molecule has 112 valence electrons. The van der Waals surface area contributed by atoms with Crippen molar-refractivity contribution in [2.45, 2.75) is 32.1 Å². The summed E-state index contributed by atoms with van der Waals surface area (Å²) in [5.74, 6) is 0.118. The fourth-order valence-electron chi connectivity index (χ4n) is 1.56. The molecule has 0 aliphatic carbocycles. The molecule has 1 heterocycles. The van der Waals surface area contributed by atoms with Gasteiger partial charge >= 0.3 is 5.97 Å². The Labute approximate surface area is 131 Å². The fourth-order valence-corrected chi connectivity index (χ4v) is 3.60. The van der Waals surface area contributed by atoms with E-state index in [0.29, 0.717) is 5.75 Å². The van der Waals surface area contributed by atoms with E-state index in [2.05, 4.69) is 5.32 Å². The van der Waals surface area contributed by atoms with Crippen LogP contribution in [-0.2, 0) is 15.3 Å². The number of rotatable bonds is 8. The standard InChI is InChI=1S/C13H18ClNO3S2/c1-8(2)10(5-13(17)18)15-12(16)7-19-6-9-3-4-11(14)20-9/h3-4,8,10H,5-7H2,1-2H3,(H,15,16)(H,17,18). The second-order valence-corrected chi connectivity index (χ2v) is 7.50. The third kappa shape index (κ3) is 6.63. The summed E-state index contributed by atoms with van der Waals surface area (Å²) in [4.78, 5) is 23.6. The van der Waals surface area contributed by atoms with E-state index in [9.17, 15) is 9.59 Å². The maximum atomic E-state index is 11.8. The first kappa shape index (κ1) is 17.3. The van der Waals surface area contributed by atoms with E-state index >= 15 is 0 Å². The van der Waals surface area contributed by atoms with Gasteiger partial charge in [0.2, 0.25) is 5.91 Å². The number of nitrogens with one attached hydrogen (secondary N) is 1. The highest BCUT2D eigenvalue weighted by Crippen LogP contribution is 2.25. The average Bonchev–Trinajstić information content (AvgIpc) is 2.73. The van der Waals surface area contributed by atoms with Crippen molar-refractivity contribution in [2.24, 2.45) is 5.92 Å². The molecule has 1 aromatic heterocycles. The van der Waals surface area contributed by atoms with E-state index in [1.54, 1.807) is 0 Å². The molecule has 1 aromatic rings. The Bertz CT molecular complexity index is 462. The first-order valence-corrected chi connectivity index (χ1v) is 8.56. The molecule has 4 nitrogen and oxygen atoms in total. The van der Waals surface area contributed by atoms with Crippen LogP contribution in [0.1, 0.15) is 25.1 Å². The highest BCUT2D eigenvalue weighted by molar-refractivity contribution is 7.99. The van der Waals surface area contributed by atoms with Gasteiger partial charge in [-0.15, -0.1) is 23.1 Å². The molecule has 1 rings (SSSR count). The molecule has 20 heavy (non-hydrogen) atoms. The molecule has 7 heteroatoms. The van der Waals surface area contributed by atoms with Crippen LogP contribution in [0.25, 0.3) is 0 Å². The number of hydrogen-bond donors (Lipinski definition) is 2. The molecular weight excluding hydrogens is 318 g/mol. The molecule has 0 spiro atoms. The molecule has 0 saturated carbocycles. The molecule has 1 atom stereocenters. The van der Waals surface area contributed by atoms with Crippen molar-refractivity contribution in [2.75, 3.05) is 5.75 Å². The molecule has 0 saturated heterocycles. The smallest absolute Gasteiger partial charge is 0.305 e. The van der Waals surface area contributed by atoms with E-state index in [1.165, 1.54) is 23.1 Å².